The molecule has 0 aliphatic carbocycles. The third-order valence-electron chi connectivity index (χ3n) is 2.23. The summed E-state index contributed by atoms with van der Waals surface area (Å²) in [6, 6.07) is 5.35. The second kappa shape index (κ2) is 4.62. The van der Waals surface area contributed by atoms with Gasteiger partial charge in [-0.1, -0.05) is 28.5 Å². The van der Waals surface area contributed by atoms with E-state index in [0.717, 1.165) is 5.52 Å². The molecule has 7 heteroatoms. The maximum absolute atomic E-state index is 5.88. The minimum Gasteiger partial charge on any atom is -0.431 e. The van der Waals surface area contributed by atoms with Gasteiger partial charge in [0, 0.05) is 18.0 Å². The van der Waals surface area contributed by atoms with E-state index >= 15 is 0 Å². The molecule has 18 heavy (non-hydrogen) atoms. The Morgan fingerprint density at radius 2 is 2.22 bits per heavy atom. The molecule has 0 amide bonds. The average Bonchev–Trinajstić information content (AvgIpc) is 2.92. The minimum absolute atomic E-state index is 0.551. The molecule has 5 nitrogen and oxygen atoms in total. The van der Waals surface area contributed by atoms with Crippen LogP contribution >= 0.6 is 23.4 Å². The summed E-state index contributed by atoms with van der Waals surface area (Å²) < 4.78 is 10.4. The van der Waals surface area contributed by atoms with Crippen molar-refractivity contribution >= 4 is 34.5 Å². The molecule has 0 saturated carbocycles. The molecule has 0 fully saturated rings. The van der Waals surface area contributed by atoms with Crippen molar-refractivity contribution in [3.8, 4) is 0 Å². The van der Waals surface area contributed by atoms with E-state index in [1.165, 1.54) is 11.8 Å². The van der Waals surface area contributed by atoms with Gasteiger partial charge >= 0.3 is 0 Å². The lowest BCUT2D eigenvalue weighted by atomic mass is 10.3. The van der Waals surface area contributed by atoms with E-state index in [-0.39, 0.29) is 0 Å². The van der Waals surface area contributed by atoms with Crippen LogP contribution in [0.25, 0.3) is 11.1 Å². The lowest BCUT2D eigenvalue weighted by Gasteiger charge is -1.89. The number of thioether (sulfide) groups is 1. The van der Waals surface area contributed by atoms with Gasteiger partial charge in [0.05, 0.1) is 5.75 Å². The molecule has 0 bridgehead atoms. The molecular weight excluding hydrogens is 274 g/mol. The number of aromatic nitrogens is 3. The van der Waals surface area contributed by atoms with E-state index in [4.69, 9.17) is 20.5 Å². The van der Waals surface area contributed by atoms with Gasteiger partial charge in [-0.05, 0) is 12.1 Å². The highest BCUT2D eigenvalue weighted by molar-refractivity contribution is 7.98. The van der Waals surface area contributed by atoms with Crippen LogP contribution in [-0.4, -0.2) is 15.1 Å². The topological polar surface area (TPSA) is 65.0 Å². The molecule has 2 aromatic heterocycles. The Kier molecular flexibility index (Phi) is 2.97. The van der Waals surface area contributed by atoms with Crippen molar-refractivity contribution in [2.45, 2.75) is 17.9 Å². The van der Waals surface area contributed by atoms with Crippen LogP contribution in [0, 0.1) is 6.92 Å². The van der Waals surface area contributed by atoms with E-state index in [2.05, 4.69) is 15.1 Å². The summed E-state index contributed by atoms with van der Waals surface area (Å²) in [6.45, 7) is 1.75. The van der Waals surface area contributed by atoms with Crippen LogP contribution < -0.4 is 0 Å². The Balaban J connectivity index is 1.78. The minimum atomic E-state index is 0.551. The summed E-state index contributed by atoms with van der Waals surface area (Å²) in [7, 11) is 0. The van der Waals surface area contributed by atoms with Gasteiger partial charge in [0.2, 0.25) is 5.89 Å². The number of hydrogen-bond donors (Lipinski definition) is 0. The fourth-order valence-electron chi connectivity index (χ4n) is 1.47. The van der Waals surface area contributed by atoms with Gasteiger partial charge < -0.3 is 8.94 Å². The predicted molar refractivity (Wildman–Crippen MR) is 67.6 cm³/mol. The van der Waals surface area contributed by atoms with Crippen molar-refractivity contribution in [2.24, 2.45) is 0 Å². The highest BCUT2D eigenvalue weighted by Crippen LogP contribution is 2.27. The van der Waals surface area contributed by atoms with E-state index in [1.54, 1.807) is 19.1 Å². The summed E-state index contributed by atoms with van der Waals surface area (Å²) >= 11 is 7.29. The van der Waals surface area contributed by atoms with Crippen LogP contribution in [-0.2, 0) is 5.75 Å². The van der Waals surface area contributed by atoms with Crippen LogP contribution in [0.5, 0.6) is 0 Å². The van der Waals surface area contributed by atoms with E-state index in [1.807, 2.05) is 6.07 Å². The Morgan fingerprint density at radius 3 is 3.00 bits per heavy atom. The number of hydrogen-bond acceptors (Lipinski definition) is 6. The zero-order valence-corrected chi connectivity index (χ0v) is 11.0. The monoisotopic (exact) mass is 281 g/mol. The van der Waals surface area contributed by atoms with Crippen molar-refractivity contribution in [1.82, 2.24) is 15.1 Å². The molecule has 0 radical (unpaired) electrons. The lowest BCUT2D eigenvalue weighted by molar-refractivity contribution is 0.389. The molecule has 0 N–H and O–H groups in total. The summed E-state index contributed by atoms with van der Waals surface area (Å²) in [4.78, 5) is 8.43. The third-order valence-corrected chi connectivity index (χ3v) is 3.28. The van der Waals surface area contributed by atoms with Crippen LogP contribution in [0.15, 0.2) is 32.4 Å². The van der Waals surface area contributed by atoms with Gasteiger partial charge in [0.25, 0.3) is 5.22 Å². The van der Waals surface area contributed by atoms with E-state index < -0.39 is 0 Å². The lowest BCUT2D eigenvalue weighted by Crippen LogP contribution is -1.83. The second-order valence-electron chi connectivity index (χ2n) is 3.61. The Labute approximate surface area is 112 Å². The molecule has 3 aromatic rings. The number of benzene rings is 1. The number of oxazole rings is 1. The maximum Gasteiger partial charge on any atom is 0.257 e. The molecule has 0 unspecified atom stereocenters. The van der Waals surface area contributed by atoms with Crippen LogP contribution in [0.4, 0.5) is 0 Å². The van der Waals surface area contributed by atoms with Gasteiger partial charge in [-0.15, -0.1) is 0 Å². The van der Waals surface area contributed by atoms with Crippen LogP contribution in [0.3, 0.4) is 0 Å². The van der Waals surface area contributed by atoms with Gasteiger partial charge in [-0.25, -0.2) is 4.98 Å². The molecule has 0 saturated heterocycles. The first-order valence-corrected chi connectivity index (χ1v) is 6.55. The molecule has 0 aliphatic heterocycles. The normalized spacial score (nSPS) is 11.2. The number of halogens is 1. The average molecular weight is 282 g/mol. The summed E-state index contributed by atoms with van der Waals surface area (Å²) in [5, 5.41) is 4.99. The molecule has 0 aliphatic rings. The summed E-state index contributed by atoms with van der Waals surface area (Å²) in [6.07, 6.45) is 0. The number of aryl methyl sites for hydroxylation is 1. The molecule has 0 spiro atoms. The van der Waals surface area contributed by atoms with Crippen molar-refractivity contribution in [3.05, 3.63) is 34.9 Å². The summed E-state index contributed by atoms with van der Waals surface area (Å²) in [5.41, 5.74) is 1.46. The smallest absolute Gasteiger partial charge is 0.257 e. The molecule has 2 heterocycles. The first kappa shape index (κ1) is 11.6. The van der Waals surface area contributed by atoms with E-state index in [0.29, 0.717) is 33.3 Å². The molecule has 92 valence electrons. The number of nitrogens with zero attached hydrogens (tertiary/aromatic N) is 3. The zero-order valence-electron chi connectivity index (χ0n) is 9.38. The van der Waals surface area contributed by atoms with Crippen molar-refractivity contribution in [2.75, 3.05) is 0 Å². The number of rotatable bonds is 3. The van der Waals surface area contributed by atoms with Crippen molar-refractivity contribution in [1.29, 1.82) is 0 Å². The molecule has 0 atom stereocenters. The van der Waals surface area contributed by atoms with Crippen molar-refractivity contribution < 1.29 is 8.94 Å². The largest absolute Gasteiger partial charge is 0.431 e. The Bertz CT molecular complexity index is 694. The van der Waals surface area contributed by atoms with Gasteiger partial charge in [0.15, 0.2) is 11.4 Å². The molecule has 3 rings (SSSR count). The van der Waals surface area contributed by atoms with Gasteiger partial charge in [-0.2, -0.15) is 4.98 Å². The first-order valence-electron chi connectivity index (χ1n) is 5.19. The van der Waals surface area contributed by atoms with Gasteiger partial charge in [-0.3, -0.25) is 0 Å². The van der Waals surface area contributed by atoms with E-state index in [9.17, 15) is 0 Å². The van der Waals surface area contributed by atoms with Gasteiger partial charge in [0.1, 0.15) is 5.52 Å². The first-order chi connectivity index (χ1) is 8.70. The Morgan fingerprint density at radius 1 is 1.33 bits per heavy atom. The fourth-order valence-corrected chi connectivity index (χ4v) is 2.31. The molecular formula is C11H8ClN3O2S. The van der Waals surface area contributed by atoms with Crippen molar-refractivity contribution in [3.63, 3.8) is 0 Å². The quantitative estimate of drug-likeness (QED) is 0.685. The third kappa shape index (κ3) is 2.34. The maximum atomic E-state index is 5.88. The van der Waals surface area contributed by atoms with Crippen LogP contribution in [0.2, 0.25) is 5.02 Å². The SMILES string of the molecule is Cc1nc(CSc2nc3ccc(Cl)cc3o2)no1. The Hall–Kier alpha value is -1.53. The summed E-state index contributed by atoms with van der Waals surface area (Å²) in [5.74, 6) is 1.73. The highest BCUT2D eigenvalue weighted by Gasteiger charge is 2.09. The van der Waals surface area contributed by atoms with Crippen LogP contribution in [0.1, 0.15) is 11.7 Å². The second-order valence-corrected chi connectivity index (χ2v) is 4.97. The zero-order chi connectivity index (χ0) is 12.5. The standard InChI is InChI=1S/C11H8ClN3O2S/c1-6-13-10(15-17-6)5-18-11-14-8-3-2-7(12)4-9(8)16-11/h2-4H,5H2,1H3. The highest BCUT2D eigenvalue weighted by atomic mass is 35.5. The number of fused-ring (bicyclic) bond motifs is 1. The fraction of sp³-hybridized carbons (Fsp3) is 0.182. The molecule has 1 aromatic carbocycles. The predicted octanol–water partition coefficient (Wildman–Crippen LogP) is 3.46.